The van der Waals surface area contributed by atoms with E-state index in [0.717, 1.165) is 12.2 Å². The number of nitrogen functional groups attached to an aromatic ring is 1. The largest absolute Gasteiger partial charge is 0.384 e. The third-order valence-corrected chi connectivity index (χ3v) is 3.58. The molecule has 1 aromatic carbocycles. The molecule has 110 valence electrons. The summed E-state index contributed by atoms with van der Waals surface area (Å²) in [5, 5.41) is 3.44. The molecular weight excluding hydrogens is 264 g/mol. The Morgan fingerprint density at radius 2 is 2.10 bits per heavy atom. The number of ether oxygens (including phenoxy) is 1. The molecule has 1 aliphatic rings. The highest BCUT2D eigenvalue weighted by molar-refractivity contribution is 5.48. The predicted molar refractivity (Wildman–Crippen MR) is 83.0 cm³/mol. The third kappa shape index (κ3) is 3.49. The number of nitrogens with one attached hydrogen (secondary N) is 1. The smallest absolute Gasteiger partial charge is 0.158 e. The number of nitrogens with zero attached hydrogens (tertiary/aromatic N) is 2. The van der Waals surface area contributed by atoms with Crippen molar-refractivity contribution in [2.45, 2.75) is 31.9 Å². The number of hydrogen-bond donors (Lipinski definition) is 2. The zero-order valence-corrected chi connectivity index (χ0v) is 12.1. The van der Waals surface area contributed by atoms with E-state index in [0.29, 0.717) is 36.8 Å². The van der Waals surface area contributed by atoms with Crippen LogP contribution in [0.5, 0.6) is 0 Å². The van der Waals surface area contributed by atoms with E-state index in [1.807, 2.05) is 13.0 Å². The molecule has 1 saturated carbocycles. The standard InChI is InChI=1S/C16H20N4O/c1-2-21-10-16-19-14(17)9-15(20-16)18-13-8-12(13)11-6-4-3-5-7-11/h3-7,9,12-13H,2,8,10H2,1H3,(H3,17,18,19,20). The summed E-state index contributed by atoms with van der Waals surface area (Å²) in [5.74, 6) is 2.42. The molecule has 2 atom stereocenters. The first-order chi connectivity index (χ1) is 10.3. The van der Waals surface area contributed by atoms with Crippen LogP contribution in [0.1, 0.15) is 30.7 Å². The van der Waals surface area contributed by atoms with Crippen molar-refractivity contribution in [3.8, 4) is 0 Å². The molecule has 0 bridgehead atoms. The van der Waals surface area contributed by atoms with Gasteiger partial charge < -0.3 is 15.8 Å². The summed E-state index contributed by atoms with van der Waals surface area (Å²) in [6.07, 6.45) is 1.12. The lowest BCUT2D eigenvalue weighted by molar-refractivity contribution is 0.128. The summed E-state index contributed by atoms with van der Waals surface area (Å²) in [4.78, 5) is 8.63. The second-order valence-electron chi connectivity index (χ2n) is 5.24. The van der Waals surface area contributed by atoms with E-state index in [2.05, 4.69) is 39.6 Å². The molecule has 3 rings (SSSR count). The second-order valence-corrected chi connectivity index (χ2v) is 5.24. The van der Waals surface area contributed by atoms with Crippen molar-refractivity contribution in [2.75, 3.05) is 17.7 Å². The Labute approximate surface area is 124 Å². The predicted octanol–water partition coefficient (Wildman–Crippen LogP) is 2.56. The molecule has 1 aliphatic carbocycles. The monoisotopic (exact) mass is 284 g/mol. The SMILES string of the molecule is CCOCc1nc(N)cc(NC2CC2c2ccccc2)n1. The Morgan fingerprint density at radius 1 is 1.29 bits per heavy atom. The molecule has 3 N–H and O–H groups in total. The fourth-order valence-corrected chi connectivity index (χ4v) is 2.46. The zero-order valence-electron chi connectivity index (χ0n) is 12.1. The molecule has 2 unspecified atom stereocenters. The first-order valence-corrected chi connectivity index (χ1v) is 7.29. The summed E-state index contributed by atoms with van der Waals surface area (Å²) < 4.78 is 5.33. The summed E-state index contributed by atoms with van der Waals surface area (Å²) in [7, 11) is 0. The summed E-state index contributed by atoms with van der Waals surface area (Å²) in [6, 6.07) is 12.7. The molecule has 21 heavy (non-hydrogen) atoms. The number of nitrogens with two attached hydrogens (primary N) is 1. The van der Waals surface area contributed by atoms with Gasteiger partial charge >= 0.3 is 0 Å². The van der Waals surface area contributed by atoms with Crippen molar-refractivity contribution in [3.05, 3.63) is 47.8 Å². The Bertz CT molecular complexity index is 602. The van der Waals surface area contributed by atoms with Crippen LogP contribution in [0.4, 0.5) is 11.6 Å². The average molecular weight is 284 g/mol. The lowest BCUT2D eigenvalue weighted by Crippen LogP contribution is -2.10. The molecule has 5 nitrogen and oxygen atoms in total. The average Bonchev–Trinajstić information content (AvgIpc) is 3.24. The molecule has 1 aromatic heterocycles. The van der Waals surface area contributed by atoms with Crippen molar-refractivity contribution in [1.29, 1.82) is 0 Å². The molecule has 1 heterocycles. The van der Waals surface area contributed by atoms with Gasteiger partial charge in [-0.2, -0.15) is 0 Å². The van der Waals surface area contributed by atoms with Crippen LogP contribution in [0, 0.1) is 0 Å². The minimum Gasteiger partial charge on any atom is -0.384 e. The Morgan fingerprint density at radius 3 is 2.86 bits per heavy atom. The van der Waals surface area contributed by atoms with Crippen LogP contribution in [0.25, 0.3) is 0 Å². The van der Waals surface area contributed by atoms with Crippen molar-refractivity contribution < 1.29 is 4.74 Å². The molecule has 2 aromatic rings. The molecule has 0 spiro atoms. The van der Waals surface area contributed by atoms with Crippen molar-refractivity contribution >= 4 is 11.6 Å². The maximum absolute atomic E-state index is 5.83. The van der Waals surface area contributed by atoms with Crippen molar-refractivity contribution in [1.82, 2.24) is 9.97 Å². The molecule has 1 fully saturated rings. The maximum Gasteiger partial charge on any atom is 0.158 e. The van der Waals surface area contributed by atoms with Gasteiger partial charge in [-0.15, -0.1) is 0 Å². The Hall–Kier alpha value is -2.14. The first kappa shape index (κ1) is 13.8. The van der Waals surface area contributed by atoms with Gasteiger partial charge in [-0.05, 0) is 18.9 Å². The van der Waals surface area contributed by atoms with Crippen LogP contribution >= 0.6 is 0 Å². The first-order valence-electron chi connectivity index (χ1n) is 7.29. The number of aromatic nitrogens is 2. The van der Waals surface area contributed by atoms with Crippen LogP contribution in [-0.4, -0.2) is 22.6 Å². The van der Waals surface area contributed by atoms with E-state index in [1.54, 1.807) is 6.07 Å². The van der Waals surface area contributed by atoms with Gasteiger partial charge in [0.05, 0.1) is 0 Å². The lowest BCUT2D eigenvalue weighted by Gasteiger charge is -2.08. The van der Waals surface area contributed by atoms with E-state index >= 15 is 0 Å². The quantitative estimate of drug-likeness (QED) is 0.853. The molecule has 0 saturated heterocycles. The number of benzene rings is 1. The minimum absolute atomic E-state index is 0.392. The summed E-state index contributed by atoms with van der Waals surface area (Å²) in [6.45, 7) is 2.97. The maximum atomic E-state index is 5.83. The number of rotatable bonds is 6. The van der Waals surface area contributed by atoms with Crippen LogP contribution in [0.2, 0.25) is 0 Å². The zero-order chi connectivity index (χ0) is 14.7. The minimum atomic E-state index is 0.392. The highest BCUT2D eigenvalue weighted by Crippen LogP contribution is 2.42. The van der Waals surface area contributed by atoms with Gasteiger partial charge in [0.25, 0.3) is 0 Å². The van der Waals surface area contributed by atoms with Crippen LogP contribution in [0.3, 0.4) is 0 Å². The van der Waals surface area contributed by atoms with Gasteiger partial charge in [0.1, 0.15) is 18.2 Å². The van der Waals surface area contributed by atoms with E-state index in [-0.39, 0.29) is 0 Å². The van der Waals surface area contributed by atoms with Crippen LogP contribution in [0.15, 0.2) is 36.4 Å². The fourth-order valence-electron chi connectivity index (χ4n) is 2.46. The van der Waals surface area contributed by atoms with Gasteiger partial charge in [-0.3, -0.25) is 0 Å². The summed E-state index contributed by atoms with van der Waals surface area (Å²) in [5.41, 5.74) is 7.19. The Kier molecular flexibility index (Phi) is 4.01. The van der Waals surface area contributed by atoms with E-state index in [4.69, 9.17) is 10.5 Å². The normalized spacial score (nSPS) is 20.2. The molecule has 0 radical (unpaired) electrons. The van der Waals surface area contributed by atoms with Crippen molar-refractivity contribution in [2.24, 2.45) is 0 Å². The summed E-state index contributed by atoms with van der Waals surface area (Å²) >= 11 is 0. The van der Waals surface area contributed by atoms with Gasteiger partial charge in [0.15, 0.2) is 5.82 Å². The van der Waals surface area contributed by atoms with Crippen LogP contribution in [-0.2, 0) is 11.3 Å². The highest BCUT2D eigenvalue weighted by Gasteiger charge is 2.38. The molecule has 0 aliphatic heterocycles. The van der Waals surface area contributed by atoms with Gasteiger partial charge in [0.2, 0.25) is 0 Å². The van der Waals surface area contributed by atoms with E-state index < -0.39 is 0 Å². The molecule has 0 amide bonds. The topological polar surface area (TPSA) is 73.1 Å². The van der Waals surface area contributed by atoms with Gasteiger partial charge in [-0.25, -0.2) is 9.97 Å². The van der Waals surface area contributed by atoms with Gasteiger partial charge in [0, 0.05) is 24.6 Å². The number of anilines is 2. The number of hydrogen-bond acceptors (Lipinski definition) is 5. The van der Waals surface area contributed by atoms with E-state index in [9.17, 15) is 0 Å². The van der Waals surface area contributed by atoms with E-state index in [1.165, 1.54) is 5.56 Å². The van der Waals surface area contributed by atoms with Crippen molar-refractivity contribution in [3.63, 3.8) is 0 Å². The Balaban J connectivity index is 1.65. The second kappa shape index (κ2) is 6.10. The molecule has 5 heteroatoms. The van der Waals surface area contributed by atoms with Gasteiger partial charge in [-0.1, -0.05) is 30.3 Å². The fraction of sp³-hybridized carbons (Fsp3) is 0.375. The lowest BCUT2D eigenvalue weighted by atomic mass is 10.1. The van der Waals surface area contributed by atoms with Crippen LogP contribution < -0.4 is 11.1 Å². The third-order valence-electron chi connectivity index (χ3n) is 3.58. The highest BCUT2D eigenvalue weighted by atomic mass is 16.5. The molecular formula is C16H20N4O.